The number of carbonyl (C=O) groups is 2. The van der Waals surface area contributed by atoms with E-state index in [4.69, 9.17) is 4.74 Å². The molecule has 1 atom stereocenters. The van der Waals surface area contributed by atoms with E-state index in [2.05, 4.69) is 10.6 Å². The van der Waals surface area contributed by atoms with E-state index in [1.54, 1.807) is 60.7 Å². The molecule has 10 heteroatoms. The topological polar surface area (TPSA) is 105 Å². The molecule has 0 fully saturated rings. The van der Waals surface area contributed by atoms with Crippen molar-refractivity contribution in [2.45, 2.75) is 29.7 Å². The van der Waals surface area contributed by atoms with E-state index in [9.17, 15) is 18.0 Å². The van der Waals surface area contributed by atoms with Crippen molar-refractivity contribution < 1.29 is 22.7 Å². The van der Waals surface area contributed by atoms with Gasteiger partial charge in [-0.15, -0.1) is 11.8 Å². The average molecular weight is 604 g/mol. The Bertz CT molecular complexity index is 1610. The van der Waals surface area contributed by atoms with Crippen LogP contribution in [0.4, 0.5) is 11.4 Å². The fraction of sp³-hybridized carbons (Fsp3) is 0.188. The molecule has 0 saturated carbocycles. The molecule has 0 unspecified atom stereocenters. The lowest BCUT2D eigenvalue weighted by Crippen LogP contribution is -2.38. The van der Waals surface area contributed by atoms with Crippen molar-refractivity contribution in [1.29, 1.82) is 0 Å². The van der Waals surface area contributed by atoms with E-state index in [1.165, 1.54) is 23.9 Å². The van der Waals surface area contributed by atoms with Crippen LogP contribution in [0, 0.1) is 0 Å². The minimum absolute atomic E-state index is 0.0525. The molecule has 0 spiro atoms. The second kappa shape index (κ2) is 14.1. The first-order valence-electron chi connectivity index (χ1n) is 13.4. The molecule has 218 valence electrons. The first kappa shape index (κ1) is 30.7. The molecular weight excluding hydrogens is 571 g/mol. The van der Waals surface area contributed by atoms with Gasteiger partial charge in [0, 0.05) is 4.90 Å². The summed E-state index contributed by atoms with van der Waals surface area (Å²) in [5.41, 5.74) is 1.77. The molecule has 0 aromatic heterocycles. The monoisotopic (exact) mass is 603 g/mol. The highest BCUT2D eigenvalue weighted by atomic mass is 32.2. The summed E-state index contributed by atoms with van der Waals surface area (Å²) in [6.07, 6.45) is 1.90. The van der Waals surface area contributed by atoms with Crippen LogP contribution in [-0.4, -0.2) is 39.6 Å². The number of carbonyl (C=O) groups excluding carboxylic acids is 2. The molecule has 4 aromatic carbocycles. The van der Waals surface area contributed by atoms with Gasteiger partial charge in [-0.05, 0) is 86.3 Å². The predicted molar refractivity (Wildman–Crippen MR) is 168 cm³/mol. The first-order valence-corrected chi connectivity index (χ1v) is 16.0. The Morgan fingerprint density at radius 1 is 0.881 bits per heavy atom. The summed E-state index contributed by atoms with van der Waals surface area (Å²) in [7, 11) is -4.12. The number of hydrogen-bond acceptors (Lipinski definition) is 6. The molecule has 4 aromatic rings. The average Bonchev–Trinajstić information content (AvgIpc) is 3.01. The Kier molecular flexibility index (Phi) is 10.3. The number of benzene rings is 4. The van der Waals surface area contributed by atoms with Crippen LogP contribution in [0.2, 0.25) is 0 Å². The summed E-state index contributed by atoms with van der Waals surface area (Å²) in [5, 5.41) is 5.70. The Morgan fingerprint density at radius 3 is 2.17 bits per heavy atom. The summed E-state index contributed by atoms with van der Waals surface area (Å²) < 4.78 is 34.2. The predicted octanol–water partition coefficient (Wildman–Crippen LogP) is 6.13. The van der Waals surface area contributed by atoms with E-state index in [0.29, 0.717) is 18.0 Å². The molecule has 0 heterocycles. The summed E-state index contributed by atoms with van der Waals surface area (Å²) in [4.78, 5) is 27.5. The van der Waals surface area contributed by atoms with Crippen LogP contribution >= 0.6 is 11.8 Å². The quantitative estimate of drug-likeness (QED) is 0.189. The number of anilines is 2. The number of ether oxygens (including phenoxy) is 1. The van der Waals surface area contributed by atoms with Gasteiger partial charge >= 0.3 is 0 Å². The molecule has 0 aliphatic carbocycles. The number of amides is 2. The van der Waals surface area contributed by atoms with Gasteiger partial charge in [-0.3, -0.25) is 13.9 Å². The molecule has 0 saturated heterocycles. The summed E-state index contributed by atoms with van der Waals surface area (Å²) in [5.74, 6) is -0.395. The van der Waals surface area contributed by atoms with Crippen molar-refractivity contribution in [3.05, 3.63) is 114 Å². The SMILES string of the molecule is CCOc1ccc(N(CC(=O)Nc2ccccc2C(=O)N[C@@H](C)c2ccccc2)S(=O)(=O)c2ccc(SC)cc2)cc1. The van der Waals surface area contributed by atoms with Gasteiger partial charge in [0.2, 0.25) is 5.91 Å². The van der Waals surface area contributed by atoms with Crippen molar-refractivity contribution in [2.24, 2.45) is 0 Å². The Labute approximate surface area is 251 Å². The Balaban J connectivity index is 1.59. The van der Waals surface area contributed by atoms with E-state index in [-0.39, 0.29) is 28.1 Å². The van der Waals surface area contributed by atoms with Crippen LogP contribution in [0.25, 0.3) is 0 Å². The van der Waals surface area contributed by atoms with Crippen molar-refractivity contribution >= 4 is 45.0 Å². The second-order valence-corrected chi connectivity index (χ2v) is 12.1. The second-order valence-electron chi connectivity index (χ2n) is 9.31. The third-order valence-electron chi connectivity index (χ3n) is 6.46. The highest BCUT2D eigenvalue weighted by molar-refractivity contribution is 7.98. The molecule has 4 rings (SSSR count). The summed E-state index contributed by atoms with van der Waals surface area (Å²) in [6, 6.07) is 28.9. The lowest BCUT2D eigenvalue weighted by molar-refractivity contribution is -0.114. The highest BCUT2D eigenvalue weighted by Gasteiger charge is 2.28. The van der Waals surface area contributed by atoms with Gasteiger partial charge in [-0.2, -0.15) is 0 Å². The van der Waals surface area contributed by atoms with Crippen LogP contribution in [-0.2, 0) is 14.8 Å². The molecule has 0 aliphatic heterocycles. The first-order chi connectivity index (χ1) is 20.2. The number of thioether (sulfide) groups is 1. The lowest BCUT2D eigenvalue weighted by atomic mass is 10.1. The molecular formula is C32H33N3O5S2. The fourth-order valence-electron chi connectivity index (χ4n) is 4.27. The van der Waals surface area contributed by atoms with Crippen LogP contribution < -0.4 is 19.7 Å². The van der Waals surface area contributed by atoms with E-state index in [1.807, 2.05) is 50.4 Å². The zero-order chi connectivity index (χ0) is 30.1. The number of nitrogens with zero attached hydrogens (tertiary/aromatic N) is 1. The van der Waals surface area contributed by atoms with Gasteiger partial charge in [0.1, 0.15) is 12.3 Å². The number of hydrogen-bond donors (Lipinski definition) is 2. The number of para-hydroxylation sites is 1. The van der Waals surface area contributed by atoms with Crippen LogP contribution in [0.5, 0.6) is 5.75 Å². The summed E-state index contributed by atoms with van der Waals surface area (Å²) in [6.45, 7) is 3.67. The van der Waals surface area contributed by atoms with Gasteiger partial charge < -0.3 is 15.4 Å². The highest BCUT2D eigenvalue weighted by Crippen LogP contribution is 2.28. The molecule has 42 heavy (non-hydrogen) atoms. The van der Waals surface area contributed by atoms with Gasteiger partial charge in [0.25, 0.3) is 15.9 Å². The molecule has 2 amide bonds. The minimum atomic E-state index is -4.12. The third-order valence-corrected chi connectivity index (χ3v) is 8.99. The van der Waals surface area contributed by atoms with Crippen molar-refractivity contribution in [2.75, 3.05) is 29.0 Å². The smallest absolute Gasteiger partial charge is 0.264 e. The third kappa shape index (κ3) is 7.51. The number of sulfonamides is 1. The molecule has 2 N–H and O–H groups in total. The van der Waals surface area contributed by atoms with Gasteiger partial charge in [0.15, 0.2) is 0 Å². The van der Waals surface area contributed by atoms with E-state index >= 15 is 0 Å². The number of rotatable bonds is 12. The van der Waals surface area contributed by atoms with Gasteiger partial charge in [0.05, 0.1) is 34.5 Å². The standard InChI is InChI=1S/C32H33N3O5S2/c1-4-40-26-16-14-25(15-17-26)35(42(38,39)28-20-18-27(41-3)19-21-28)22-31(36)34-30-13-9-8-12-29(30)32(37)33-23(2)24-10-6-5-7-11-24/h5-21,23H,4,22H2,1-3H3,(H,33,37)(H,34,36)/t23-/m0/s1. The van der Waals surface area contributed by atoms with Crippen LogP contribution in [0.15, 0.2) is 113 Å². The maximum absolute atomic E-state index is 13.8. The fourth-order valence-corrected chi connectivity index (χ4v) is 6.10. The largest absolute Gasteiger partial charge is 0.494 e. The van der Waals surface area contributed by atoms with E-state index < -0.39 is 22.5 Å². The summed E-state index contributed by atoms with van der Waals surface area (Å²) >= 11 is 1.50. The zero-order valence-electron chi connectivity index (χ0n) is 23.6. The lowest BCUT2D eigenvalue weighted by Gasteiger charge is -2.25. The van der Waals surface area contributed by atoms with Crippen molar-refractivity contribution in [3.63, 3.8) is 0 Å². The van der Waals surface area contributed by atoms with Gasteiger partial charge in [-0.1, -0.05) is 42.5 Å². The zero-order valence-corrected chi connectivity index (χ0v) is 25.2. The maximum Gasteiger partial charge on any atom is 0.264 e. The molecule has 0 radical (unpaired) electrons. The molecule has 0 aliphatic rings. The molecule has 0 bridgehead atoms. The van der Waals surface area contributed by atoms with Crippen molar-refractivity contribution in [3.8, 4) is 5.75 Å². The van der Waals surface area contributed by atoms with Crippen molar-refractivity contribution in [1.82, 2.24) is 5.32 Å². The van der Waals surface area contributed by atoms with Crippen LogP contribution in [0.1, 0.15) is 35.8 Å². The van der Waals surface area contributed by atoms with E-state index in [0.717, 1.165) is 14.8 Å². The normalized spacial score (nSPS) is 11.8. The van der Waals surface area contributed by atoms with Gasteiger partial charge in [-0.25, -0.2) is 8.42 Å². The molecule has 8 nitrogen and oxygen atoms in total. The Hall–Kier alpha value is -4.28. The minimum Gasteiger partial charge on any atom is -0.494 e. The maximum atomic E-state index is 13.8. The van der Waals surface area contributed by atoms with Crippen LogP contribution in [0.3, 0.4) is 0 Å². The Morgan fingerprint density at radius 2 is 1.52 bits per heavy atom. The number of nitrogens with one attached hydrogen (secondary N) is 2.